The highest BCUT2D eigenvalue weighted by Crippen LogP contribution is 2.30. The minimum absolute atomic E-state index is 0.0271. The lowest BCUT2D eigenvalue weighted by Gasteiger charge is -2.10. The average Bonchev–Trinajstić information content (AvgIpc) is 2.17. The van der Waals surface area contributed by atoms with E-state index in [1.807, 2.05) is 13.0 Å². The van der Waals surface area contributed by atoms with Crippen LogP contribution in [0.5, 0.6) is 5.75 Å². The number of hydrogen-bond donors (Lipinski definition) is 2. The zero-order valence-corrected chi connectivity index (χ0v) is 10.0. The number of nitrogens with one attached hydrogen (secondary N) is 1. The molecule has 15 heavy (non-hydrogen) atoms. The molecule has 0 heterocycles. The Bertz CT molecular complexity index is 335. The number of rotatable bonds is 4. The average molecular weight is 273 g/mol. The minimum atomic E-state index is -0.160. The summed E-state index contributed by atoms with van der Waals surface area (Å²) < 4.78 is 6.04. The largest absolute Gasteiger partial charge is 0.480 e. The SMILES string of the molecule is CCNC(=O)COc1c(N)cccc1Br. The van der Waals surface area contributed by atoms with Gasteiger partial charge in [0.25, 0.3) is 5.91 Å². The topological polar surface area (TPSA) is 64.3 Å². The van der Waals surface area contributed by atoms with Crippen molar-refractivity contribution in [3.8, 4) is 5.75 Å². The molecule has 5 heteroatoms. The Morgan fingerprint density at radius 2 is 2.33 bits per heavy atom. The van der Waals surface area contributed by atoms with Crippen LogP contribution < -0.4 is 15.8 Å². The van der Waals surface area contributed by atoms with Crippen LogP contribution in [-0.4, -0.2) is 19.1 Å². The van der Waals surface area contributed by atoms with Gasteiger partial charge in [-0.1, -0.05) is 6.07 Å². The third kappa shape index (κ3) is 3.43. The monoisotopic (exact) mass is 272 g/mol. The van der Waals surface area contributed by atoms with E-state index in [-0.39, 0.29) is 12.5 Å². The lowest BCUT2D eigenvalue weighted by molar-refractivity contribution is -0.122. The van der Waals surface area contributed by atoms with Crippen LogP contribution in [0.1, 0.15) is 6.92 Å². The molecule has 0 radical (unpaired) electrons. The van der Waals surface area contributed by atoms with E-state index < -0.39 is 0 Å². The molecule has 0 aromatic heterocycles. The van der Waals surface area contributed by atoms with Crippen molar-refractivity contribution in [3.63, 3.8) is 0 Å². The predicted molar refractivity (Wildman–Crippen MR) is 62.7 cm³/mol. The van der Waals surface area contributed by atoms with Gasteiger partial charge in [0.15, 0.2) is 12.4 Å². The Hall–Kier alpha value is -1.23. The van der Waals surface area contributed by atoms with Gasteiger partial charge in [-0.2, -0.15) is 0 Å². The molecule has 1 aromatic rings. The fraction of sp³-hybridized carbons (Fsp3) is 0.300. The van der Waals surface area contributed by atoms with Crippen molar-refractivity contribution in [2.24, 2.45) is 0 Å². The first-order valence-corrected chi connectivity index (χ1v) is 5.38. The van der Waals surface area contributed by atoms with Gasteiger partial charge in [-0.3, -0.25) is 4.79 Å². The maximum Gasteiger partial charge on any atom is 0.257 e. The summed E-state index contributed by atoms with van der Waals surface area (Å²) in [6.45, 7) is 2.42. The fourth-order valence-electron chi connectivity index (χ4n) is 1.06. The lowest BCUT2D eigenvalue weighted by Crippen LogP contribution is -2.28. The summed E-state index contributed by atoms with van der Waals surface area (Å²) in [6, 6.07) is 5.33. The summed E-state index contributed by atoms with van der Waals surface area (Å²) in [5.41, 5.74) is 6.20. The molecular weight excluding hydrogens is 260 g/mol. The van der Waals surface area contributed by atoms with Gasteiger partial charge >= 0.3 is 0 Å². The molecule has 0 saturated carbocycles. The second-order valence-corrected chi connectivity index (χ2v) is 3.75. The van der Waals surface area contributed by atoms with Crippen LogP contribution in [-0.2, 0) is 4.79 Å². The Morgan fingerprint density at radius 3 is 2.93 bits per heavy atom. The third-order valence-corrected chi connectivity index (χ3v) is 2.34. The highest BCUT2D eigenvalue weighted by molar-refractivity contribution is 9.10. The van der Waals surface area contributed by atoms with Crippen LogP contribution in [0.3, 0.4) is 0 Å². The van der Waals surface area contributed by atoms with Gasteiger partial charge < -0.3 is 15.8 Å². The zero-order valence-electron chi connectivity index (χ0n) is 8.42. The van der Waals surface area contributed by atoms with Crippen molar-refractivity contribution in [1.82, 2.24) is 5.32 Å². The molecule has 1 amide bonds. The van der Waals surface area contributed by atoms with E-state index in [1.165, 1.54) is 0 Å². The van der Waals surface area contributed by atoms with Crippen LogP contribution >= 0.6 is 15.9 Å². The molecule has 3 N–H and O–H groups in total. The maximum atomic E-state index is 11.1. The predicted octanol–water partition coefficient (Wildman–Crippen LogP) is 1.55. The van der Waals surface area contributed by atoms with Crippen LogP contribution in [0, 0.1) is 0 Å². The molecule has 0 saturated heterocycles. The van der Waals surface area contributed by atoms with E-state index in [4.69, 9.17) is 10.5 Å². The number of amides is 1. The van der Waals surface area contributed by atoms with Gasteiger partial charge in [-0.05, 0) is 35.0 Å². The molecule has 0 bridgehead atoms. The van der Waals surface area contributed by atoms with Gasteiger partial charge in [0.05, 0.1) is 10.2 Å². The van der Waals surface area contributed by atoms with Crippen molar-refractivity contribution in [3.05, 3.63) is 22.7 Å². The van der Waals surface area contributed by atoms with Gasteiger partial charge in [-0.25, -0.2) is 0 Å². The van der Waals surface area contributed by atoms with E-state index in [0.717, 1.165) is 4.47 Å². The number of para-hydroxylation sites is 1. The number of nitrogens with two attached hydrogens (primary N) is 1. The smallest absolute Gasteiger partial charge is 0.257 e. The van der Waals surface area contributed by atoms with Gasteiger partial charge in [0.2, 0.25) is 0 Å². The van der Waals surface area contributed by atoms with Gasteiger partial charge in [0.1, 0.15) is 0 Å². The molecule has 4 nitrogen and oxygen atoms in total. The van der Waals surface area contributed by atoms with Gasteiger partial charge in [-0.15, -0.1) is 0 Å². The first-order chi connectivity index (χ1) is 7.15. The molecule has 1 rings (SSSR count). The standard InChI is InChI=1S/C10H13BrN2O2/c1-2-13-9(14)6-15-10-7(11)4-3-5-8(10)12/h3-5H,2,6,12H2,1H3,(H,13,14). The second kappa shape index (κ2) is 5.60. The van der Waals surface area contributed by atoms with Crippen molar-refractivity contribution >= 4 is 27.5 Å². The molecule has 1 aromatic carbocycles. The number of carbonyl (C=O) groups excluding carboxylic acids is 1. The molecule has 0 atom stereocenters. The molecular formula is C10H13BrN2O2. The molecule has 0 unspecified atom stereocenters. The maximum absolute atomic E-state index is 11.1. The highest BCUT2D eigenvalue weighted by atomic mass is 79.9. The van der Waals surface area contributed by atoms with Crippen LogP contribution in [0.4, 0.5) is 5.69 Å². The first-order valence-electron chi connectivity index (χ1n) is 4.58. The molecule has 0 aliphatic carbocycles. The van der Waals surface area contributed by atoms with E-state index >= 15 is 0 Å². The van der Waals surface area contributed by atoms with Gasteiger partial charge in [0, 0.05) is 6.54 Å². The van der Waals surface area contributed by atoms with Crippen LogP contribution in [0.15, 0.2) is 22.7 Å². The van der Waals surface area contributed by atoms with Crippen LogP contribution in [0.2, 0.25) is 0 Å². The van der Waals surface area contributed by atoms with Crippen molar-refractivity contribution < 1.29 is 9.53 Å². The number of ether oxygens (including phenoxy) is 1. The van der Waals surface area contributed by atoms with E-state index in [2.05, 4.69) is 21.2 Å². The number of hydrogen-bond acceptors (Lipinski definition) is 3. The Morgan fingerprint density at radius 1 is 1.60 bits per heavy atom. The Balaban J connectivity index is 2.61. The Labute approximate surface area is 96.9 Å². The summed E-state index contributed by atoms with van der Waals surface area (Å²) in [4.78, 5) is 11.1. The summed E-state index contributed by atoms with van der Waals surface area (Å²) >= 11 is 3.30. The number of carbonyl (C=O) groups is 1. The van der Waals surface area contributed by atoms with E-state index in [0.29, 0.717) is 18.0 Å². The minimum Gasteiger partial charge on any atom is -0.480 e. The van der Waals surface area contributed by atoms with Crippen molar-refractivity contribution in [2.75, 3.05) is 18.9 Å². The van der Waals surface area contributed by atoms with Crippen molar-refractivity contribution in [2.45, 2.75) is 6.92 Å². The summed E-state index contributed by atoms with van der Waals surface area (Å²) in [7, 11) is 0. The molecule has 0 spiro atoms. The Kier molecular flexibility index (Phi) is 4.42. The molecule has 82 valence electrons. The number of likely N-dealkylation sites (N-methyl/N-ethyl adjacent to an activating group) is 1. The fourth-order valence-corrected chi connectivity index (χ4v) is 1.56. The molecule has 0 aliphatic rings. The molecule has 0 fully saturated rings. The van der Waals surface area contributed by atoms with E-state index in [1.54, 1.807) is 12.1 Å². The summed E-state index contributed by atoms with van der Waals surface area (Å²) in [5, 5.41) is 2.63. The van der Waals surface area contributed by atoms with E-state index in [9.17, 15) is 4.79 Å². The highest BCUT2D eigenvalue weighted by Gasteiger charge is 2.07. The third-order valence-electron chi connectivity index (χ3n) is 1.72. The zero-order chi connectivity index (χ0) is 11.3. The lowest BCUT2D eigenvalue weighted by atomic mass is 10.3. The quantitative estimate of drug-likeness (QED) is 0.818. The number of nitrogen functional groups attached to an aromatic ring is 1. The normalized spacial score (nSPS) is 9.73. The van der Waals surface area contributed by atoms with Crippen LogP contribution in [0.25, 0.3) is 0 Å². The number of benzene rings is 1. The second-order valence-electron chi connectivity index (χ2n) is 2.90. The summed E-state index contributed by atoms with van der Waals surface area (Å²) in [5.74, 6) is 0.344. The number of halogens is 1. The number of anilines is 1. The summed E-state index contributed by atoms with van der Waals surface area (Å²) in [6.07, 6.45) is 0. The molecule has 0 aliphatic heterocycles. The van der Waals surface area contributed by atoms with Crippen molar-refractivity contribution in [1.29, 1.82) is 0 Å². The first kappa shape index (κ1) is 11.8.